The monoisotopic (exact) mass is 491 g/mol. The summed E-state index contributed by atoms with van der Waals surface area (Å²) in [6.07, 6.45) is 1.45. The van der Waals surface area contributed by atoms with Crippen LogP contribution in [-0.2, 0) is 26.2 Å². The second-order valence-corrected chi connectivity index (χ2v) is 11.2. The van der Waals surface area contributed by atoms with E-state index < -0.39 is 21.6 Å². The first-order valence-electron chi connectivity index (χ1n) is 11.2. The second kappa shape index (κ2) is 11.5. The minimum Gasteiger partial charge on any atom is -0.350 e. The van der Waals surface area contributed by atoms with Crippen LogP contribution < -0.4 is 9.62 Å². The summed E-state index contributed by atoms with van der Waals surface area (Å²) in [5.74, 6) is -0.977. The Balaban J connectivity index is 2.16. The van der Waals surface area contributed by atoms with E-state index in [2.05, 4.69) is 5.32 Å². The zero-order chi connectivity index (χ0) is 25.5. The molecule has 0 aliphatic carbocycles. The maximum absolute atomic E-state index is 13.3. The molecule has 0 aliphatic heterocycles. The summed E-state index contributed by atoms with van der Waals surface area (Å²) in [6, 6.07) is 13.7. The van der Waals surface area contributed by atoms with Crippen molar-refractivity contribution in [3.05, 3.63) is 66.0 Å². The number of halogens is 1. The van der Waals surface area contributed by atoms with Crippen molar-refractivity contribution in [1.82, 2.24) is 10.2 Å². The predicted octanol–water partition coefficient (Wildman–Crippen LogP) is 3.70. The van der Waals surface area contributed by atoms with E-state index in [-0.39, 0.29) is 43.6 Å². The first-order valence-corrected chi connectivity index (χ1v) is 13.0. The van der Waals surface area contributed by atoms with Crippen molar-refractivity contribution in [2.45, 2.75) is 58.7 Å². The third-order valence-corrected chi connectivity index (χ3v) is 6.32. The highest BCUT2D eigenvalue weighted by Gasteiger charge is 2.28. The molecule has 7 nitrogen and oxygen atoms in total. The third kappa shape index (κ3) is 8.44. The van der Waals surface area contributed by atoms with Crippen molar-refractivity contribution in [3.63, 3.8) is 0 Å². The minimum atomic E-state index is -3.53. The zero-order valence-electron chi connectivity index (χ0n) is 20.4. The van der Waals surface area contributed by atoms with Crippen LogP contribution in [0.1, 0.15) is 46.1 Å². The van der Waals surface area contributed by atoms with Gasteiger partial charge in [0.25, 0.3) is 0 Å². The highest BCUT2D eigenvalue weighted by molar-refractivity contribution is 7.92. The third-order valence-electron chi connectivity index (χ3n) is 5.13. The van der Waals surface area contributed by atoms with Crippen molar-refractivity contribution in [3.8, 4) is 0 Å². The molecule has 0 fully saturated rings. The molecule has 9 heteroatoms. The number of hydrogen-bond acceptors (Lipinski definition) is 4. The number of nitrogens with one attached hydrogen (secondary N) is 1. The number of benzene rings is 2. The SMILES string of the molecule is C[C@@H](C(=O)NC(C)(C)C)N(Cc1ccc(F)cc1)C(=O)CCCN(c1ccccc1)S(C)(=O)=O. The van der Waals surface area contributed by atoms with Gasteiger partial charge in [0.15, 0.2) is 0 Å². The van der Waals surface area contributed by atoms with E-state index >= 15 is 0 Å². The van der Waals surface area contributed by atoms with Gasteiger partial charge in [0.2, 0.25) is 21.8 Å². The summed E-state index contributed by atoms with van der Waals surface area (Å²) in [7, 11) is -3.53. The van der Waals surface area contributed by atoms with Gasteiger partial charge in [-0.15, -0.1) is 0 Å². The number of rotatable bonds is 10. The summed E-state index contributed by atoms with van der Waals surface area (Å²) in [4.78, 5) is 27.4. The molecule has 2 amide bonds. The molecule has 0 bridgehead atoms. The maximum atomic E-state index is 13.3. The molecule has 0 aromatic heterocycles. The standard InChI is InChI=1S/C25H34FN3O4S/c1-19(24(31)27-25(2,3)4)28(18-20-13-15-21(26)16-14-20)23(30)12-9-17-29(34(5,32)33)22-10-7-6-8-11-22/h6-8,10-11,13-16,19H,9,12,17-18H2,1-5H3,(H,27,31)/t19-/m0/s1. The van der Waals surface area contributed by atoms with Crippen molar-refractivity contribution in [1.29, 1.82) is 0 Å². The van der Waals surface area contributed by atoms with Crippen molar-refractivity contribution >= 4 is 27.5 Å². The van der Waals surface area contributed by atoms with Crippen molar-refractivity contribution in [2.24, 2.45) is 0 Å². The molecular weight excluding hydrogens is 457 g/mol. The molecule has 0 heterocycles. The van der Waals surface area contributed by atoms with E-state index in [9.17, 15) is 22.4 Å². The lowest BCUT2D eigenvalue weighted by Gasteiger charge is -2.32. The average molecular weight is 492 g/mol. The molecule has 1 atom stereocenters. The number of sulfonamides is 1. The Labute approximate surface area is 202 Å². The second-order valence-electron chi connectivity index (χ2n) is 9.34. The van der Waals surface area contributed by atoms with E-state index in [0.29, 0.717) is 11.3 Å². The highest BCUT2D eigenvalue weighted by Crippen LogP contribution is 2.19. The lowest BCUT2D eigenvalue weighted by molar-refractivity contribution is -0.141. The van der Waals surface area contributed by atoms with E-state index in [4.69, 9.17) is 0 Å². The minimum absolute atomic E-state index is 0.0488. The topological polar surface area (TPSA) is 86.8 Å². The van der Waals surface area contributed by atoms with Gasteiger partial charge in [-0.1, -0.05) is 30.3 Å². The number of anilines is 1. The Morgan fingerprint density at radius 3 is 2.15 bits per heavy atom. The van der Waals surface area contributed by atoms with Crippen LogP contribution in [0.3, 0.4) is 0 Å². The van der Waals surface area contributed by atoms with Crippen molar-refractivity contribution in [2.75, 3.05) is 17.1 Å². The quantitative estimate of drug-likeness (QED) is 0.549. The Bertz CT molecular complexity index is 1070. The van der Waals surface area contributed by atoms with Crippen LogP contribution in [0.4, 0.5) is 10.1 Å². The summed E-state index contributed by atoms with van der Waals surface area (Å²) >= 11 is 0. The molecule has 34 heavy (non-hydrogen) atoms. The lowest BCUT2D eigenvalue weighted by Crippen LogP contribution is -2.52. The fourth-order valence-electron chi connectivity index (χ4n) is 3.44. The molecule has 0 saturated carbocycles. The molecule has 2 aromatic rings. The number of para-hydroxylation sites is 1. The van der Waals surface area contributed by atoms with Crippen LogP contribution in [0, 0.1) is 5.82 Å². The smallest absolute Gasteiger partial charge is 0.242 e. The Morgan fingerprint density at radius 1 is 1.03 bits per heavy atom. The van der Waals surface area contributed by atoms with Gasteiger partial charge in [0.05, 0.1) is 11.9 Å². The van der Waals surface area contributed by atoms with Gasteiger partial charge in [0.1, 0.15) is 11.9 Å². The Kier molecular flexibility index (Phi) is 9.21. The van der Waals surface area contributed by atoms with E-state index in [0.717, 1.165) is 6.26 Å². The Morgan fingerprint density at radius 2 is 1.62 bits per heavy atom. The van der Waals surface area contributed by atoms with Crippen LogP contribution in [0.25, 0.3) is 0 Å². The zero-order valence-corrected chi connectivity index (χ0v) is 21.2. The number of carbonyl (C=O) groups is 2. The predicted molar refractivity (Wildman–Crippen MR) is 132 cm³/mol. The molecule has 2 aromatic carbocycles. The summed E-state index contributed by atoms with van der Waals surface area (Å²) in [5.41, 5.74) is 0.743. The van der Waals surface area contributed by atoms with E-state index in [1.54, 1.807) is 49.4 Å². The molecule has 1 N–H and O–H groups in total. The Hall–Kier alpha value is -2.94. The average Bonchev–Trinajstić information content (AvgIpc) is 2.74. The number of amides is 2. The summed E-state index contributed by atoms with van der Waals surface area (Å²) < 4.78 is 39.2. The van der Waals surface area contributed by atoms with Crippen molar-refractivity contribution < 1.29 is 22.4 Å². The molecule has 0 spiro atoms. The van der Waals surface area contributed by atoms with Gasteiger partial charge < -0.3 is 10.2 Å². The van der Waals surface area contributed by atoms with E-state index in [1.807, 2.05) is 20.8 Å². The summed E-state index contributed by atoms with van der Waals surface area (Å²) in [5, 5.41) is 2.88. The van der Waals surface area contributed by atoms with Gasteiger partial charge in [-0.2, -0.15) is 0 Å². The molecule has 0 radical (unpaired) electrons. The summed E-state index contributed by atoms with van der Waals surface area (Å²) in [6.45, 7) is 7.47. The van der Waals surface area contributed by atoms with Gasteiger partial charge in [-0.25, -0.2) is 12.8 Å². The highest BCUT2D eigenvalue weighted by atomic mass is 32.2. The van der Waals surface area contributed by atoms with Gasteiger partial charge >= 0.3 is 0 Å². The fourth-order valence-corrected chi connectivity index (χ4v) is 4.41. The van der Waals surface area contributed by atoms with Crippen LogP contribution in [0.15, 0.2) is 54.6 Å². The number of carbonyl (C=O) groups excluding carboxylic acids is 2. The first kappa shape index (κ1) is 27.3. The molecule has 0 unspecified atom stereocenters. The van der Waals surface area contributed by atoms with Crippen LogP contribution in [-0.4, -0.2) is 49.5 Å². The molecule has 0 aliphatic rings. The van der Waals surface area contributed by atoms with Gasteiger partial charge in [-0.3, -0.25) is 13.9 Å². The molecule has 0 saturated heterocycles. The van der Waals surface area contributed by atoms with Gasteiger partial charge in [-0.05, 0) is 63.9 Å². The molecule has 2 rings (SSSR count). The van der Waals surface area contributed by atoms with Gasteiger partial charge in [0, 0.05) is 25.0 Å². The maximum Gasteiger partial charge on any atom is 0.242 e. The first-order chi connectivity index (χ1) is 15.8. The lowest BCUT2D eigenvalue weighted by atomic mass is 10.1. The van der Waals surface area contributed by atoms with Crippen LogP contribution in [0.5, 0.6) is 0 Å². The van der Waals surface area contributed by atoms with Crippen LogP contribution >= 0.6 is 0 Å². The van der Waals surface area contributed by atoms with Crippen LogP contribution in [0.2, 0.25) is 0 Å². The normalized spacial score (nSPS) is 12.6. The fraction of sp³-hybridized carbons (Fsp3) is 0.440. The molecule has 186 valence electrons. The van der Waals surface area contributed by atoms with E-state index in [1.165, 1.54) is 21.3 Å². The number of nitrogens with zero attached hydrogens (tertiary/aromatic N) is 2. The number of hydrogen-bond donors (Lipinski definition) is 1. The largest absolute Gasteiger partial charge is 0.350 e. The molecular formula is C25H34FN3O4S.